The second kappa shape index (κ2) is 14.7. The molecule has 200 valence electrons. The summed E-state index contributed by atoms with van der Waals surface area (Å²) in [5, 5.41) is 32.3. The summed E-state index contributed by atoms with van der Waals surface area (Å²) in [6.45, 7) is 2.50. The fourth-order valence-corrected chi connectivity index (χ4v) is 6.20. The van der Waals surface area contributed by atoms with Gasteiger partial charge in [0.2, 0.25) is 0 Å². The Kier molecular flexibility index (Phi) is 11.7. The van der Waals surface area contributed by atoms with Gasteiger partial charge >= 0.3 is 0 Å². The van der Waals surface area contributed by atoms with Gasteiger partial charge in [-0.25, -0.2) is 8.42 Å². The molecule has 0 spiro atoms. The number of benzene rings is 2. The van der Waals surface area contributed by atoms with Crippen molar-refractivity contribution in [3.05, 3.63) is 58.7 Å². The minimum absolute atomic E-state index is 0.0371. The number of nitrogens with one attached hydrogen (secondary N) is 1. The summed E-state index contributed by atoms with van der Waals surface area (Å²) < 4.78 is 30.3. The molecule has 0 saturated carbocycles. The Morgan fingerprint density at radius 1 is 0.972 bits per heavy atom. The number of hydrogen-bond acceptors (Lipinski definition) is 7. The van der Waals surface area contributed by atoms with Crippen LogP contribution in [0, 0.1) is 0 Å². The van der Waals surface area contributed by atoms with Crippen molar-refractivity contribution in [3.8, 4) is 5.75 Å². The summed E-state index contributed by atoms with van der Waals surface area (Å²) in [6, 6.07) is 10.7. The van der Waals surface area contributed by atoms with Crippen LogP contribution >= 0.6 is 0 Å². The van der Waals surface area contributed by atoms with Gasteiger partial charge in [0.1, 0.15) is 5.75 Å². The number of fused-ring (bicyclic) bond motifs is 1. The lowest BCUT2D eigenvalue weighted by atomic mass is 10.0. The highest BCUT2D eigenvalue weighted by Crippen LogP contribution is 2.26. The fourth-order valence-electron chi connectivity index (χ4n) is 4.55. The topological polar surface area (TPSA) is 116 Å². The van der Waals surface area contributed by atoms with Crippen molar-refractivity contribution in [2.24, 2.45) is 0 Å². The van der Waals surface area contributed by atoms with Crippen molar-refractivity contribution >= 4 is 9.84 Å². The molecule has 0 fully saturated rings. The van der Waals surface area contributed by atoms with E-state index in [2.05, 4.69) is 11.4 Å². The normalized spacial score (nSPS) is 15.5. The molecule has 0 amide bonds. The molecule has 0 aliphatic carbocycles. The molecule has 2 aromatic carbocycles. The first kappa shape index (κ1) is 28.6. The third-order valence-corrected chi connectivity index (χ3v) is 8.59. The Bertz CT molecular complexity index is 1060. The van der Waals surface area contributed by atoms with Crippen LogP contribution in [0.3, 0.4) is 0 Å². The number of sulfone groups is 1. The van der Waals surface area contributed by atoms with Gasteiger partial charge < -0.3 is 25.4 Å². The lowest BCUT2D eigenvalue weighted by Crippen LogP contribution is -2.22. The summed E-state index contributed by atoms with van der Waals surface area (Å²) >= 11 is 0. The minimum atomic E-state index is -3.09. The molecule has 0 radical (unpaired) electrons. The zero-order chi connectivity index (χ0) is 25.8. The van der Waals surface area contributed by atoms with E-state index in [-0.39, 0.29) is 18.1 Å². The number of aliphatic hydroxyl groups excluding tert-OH is 2. The second-order valence-corrected chi connectivity index (χ2v) is 11.7. The predicted molar refractivity (Wildman–Crippen MR) is 141 cm³/mol. The largest absolute Gasteiger partial charge is 0.508 e. The quantitative estimate of drug-likeness (QED) is 0.249. The van der Waals surface area contributed by atoms with E-state index in [0.29, 0.717) is 22.6 Å². The van der Waals surface area contributed by atoms with Gasteiger partial charge in [0.15, 0.2) is 9.84 Å². The van der Waals surface area contributed by atoms with E-state index in [1.54, 1.807) is 12.1 Å². The standard InChI is InChI=1S/C28H41NO6S/c30-21-25-19-24(12-13-26(25)31)27(32)20-29-14-4-1-2-5-15-35-16-6-3-8-22-10-11-23-9-7-17-36(33,34)28(23)18-22/h10-13,18-19,27,29-32H,1-9,14-17,20-21H2. The van der Waals surface area contributed by atoms with Crippen LogP contribution in [0.25, 0.3) is 0 Å². The third kappa shape index (κ3) is 8.85. The fraction of sp³-hybridized carbons (Fsp3) is 0.571. The molecule has 2 aromatic rings. The second-order valence-electron chi connectivity index (χ2n) is 9.61. The van der Waals surface area contributed by atoms with Gasteiger partial charge in [-0.15, -0.1) is 0 Å². The first-order chi connectivity index (χ1) is 17.4. The van der Waals surface area contributed by atoms with Crippen molar-refractivity contribution in [2.45, 2.75) is 75.4 Å². The van der Waals surface area contributed by atoms with Crippen LogP contribution in [-0.2, 0) is 34.0 Å². The third-order valence-electron chi connectivity index (χ3n) is 6.72. The first-order valence-corrected chi connectivity index (χ1v) is 14.8. The van der Waals surface area contributed by atoms with Gasteiger partial charge in [0.25, 0.3) is 0 Å². The molecular weight excluding hydrogens is 478 g/mol. The van der Waals surface area contributed by atoms with Gasteiger partial charge in [0, 0.05) is 25.3 Å². The van der Waals surface area contributed by atoms with Gasteiger partial charge in [-0.2, -0.15) is 0 Å². The maximum absolute atomic E-state index is 12.3. The van der Waals surface area contributed by atoms with Crippen molar-refractivity contribution in [3.63, 3.8) is 0 Å². The maximum atomic E-state index is 12.3. The Hall–Kier alpha value is -1.97. The highest BCUT2D eigenvalue weighted by molar-refractivity contribution is 7.91. The average Bonchev–Trinajstić information content (AvgIpc) is 2.87. The highest BCUT2D eigenvalue weighted by Gasteiger charge is 2.23. The monoisotopic (exact) mass is 519 g/mol. The molecule has 0 bridgehead atoms. The molecule has 1 unspecified atom stereocenters. The highest BCUT2D eigenvalue weighted by atomic mass is 32.2. The van der Waals surface area contributed by atoms with Crippen molar-refractivity contribution in [1.82, 2.24) is 5.32 Å². The van der Waals surface area contributed by atoms with E-state index in [1.165, 1.54) is 6.07 Å². The summed E-state index contributed by atoms with van der Waals surface area (Å²) in [6.07, 6.45) is 8.00. The van der Waals surface area contributed by atoms with E-state index in [0.717, 1.165) is 88.7 Å². The van der Waals surface area contributed by atoms with Gasteiger partial charge in [-0.1, -0.05) is 31.0 Å². The van der Waals surface area contributed by atoms with Crippen LogP contribution in [-0.4, -0.2) is 55.8 Å². The number of phenols is 1. The van der Waals surface area contributed by atoms with Gasteiger partial charge in [-0.05, 0) is 86.4 Å². The van der Waals surface area contributed by atoms with Gasteiger partial charge in [0.05, 0.1) is 23.4 Å². The Balaban J connectivity index is 1.16. The van der Waals surface area contributed by atoms with Crippen LogP contribution in [0.15, 0.2) is 41.3 Å². The molecular formula is C28H41NO6S. The van der Waals surface area contributed by atoms with Crippen LogP contribution < -0.4 is 5.32 Å². The molecule has 3 rings (SSSR count). The van der Waals surface area contributed by atoms with Crippen molar-refractivity contribution in [1.29, 1.82) is 0 Å². The number of ether oxygens (including phenoxy) is 1. The van der Waals surface area contributed by atoms with Crippen LogP contribution in [0.5, 0.6) is 5.75 Å². The lowest BCUT2D eigenvalue weighted by Gasteiger charge is -2.17. The zero-order valence-corrected chi connectivity index (χ0v) is 21.9. The molecule has 8 heteroatoms. The summed E-state index contributed by atoms with van der Waals surface area (Å²) in [5.41, 5.74) is 3.16. The molecule has 0 aromatic heterocycles. The van der Waals surface area contributed by atoms with E-state index in [4.69, 9.17) is 4.74 Å². The van der Waals surface area contributed by atoms with E-state index in [1.807, 2.05) is 12.1 Å². The Morgan fingerprint density at radius 2 is 1.75 bits per heavy atom. The molecule has 1 atom stereocenters. The number of hydrogen-bond donors (Lipinski definition) is 4. The summed E-state index contributed by atoms with van der Waals surface area (Å²) in [7, 11) is -3.09. The van der Waals surface area contributed by atoms with E-state index in [9.17, 15) is 23.7 Å². The van der Waals surface area contributed by atoms with E-state index >= 15 is 0 Å². The average molecular weight is 520 g/mol. The molecule has 1 heterocycles. The van der Waals surface area contributed by atoms with Crippen LogP contribution in [0.4, 0.5) is 0 Å². The predicted octanol–water partition coefficient (Wildman–Crippen LogP) is 3.83. The van der Waals surface area contributed by atoms with Gasteiger partial charge in [-0.3, -0.25) is 0 Å². The van der Waals surface area contributed by atoms with Crippen molar-refractivity contribution in [2.75, 3.05) is 32.1 Å². The Labute approximate surface area is 215 Å². The first-order valence-electron chi connectivity index (χ1n) is 13.1. The zero-order valence-electron chi connectivity index (χ0n) is 21.1. The maximum Gasteiger partial charge on any atom is 0.178 e. The van der Waals surface area contributed by atoms with Crippen LogP contribution in [0.2, 0.25) is 0 Å². The molecule has 1 aliphatic rings. The van der Waals surface area contributed by atoms with Crippen molar-refractivity contribution < 1.29 is 28.5 Å². The molecule has 7 nitrogen and oxygen atoms in total. The van der Waals surface area contributed by atoms with E-state index < -0.39 is 15.9 Å². The number of rotatable bonds is 16. The molecule has 36 heavy (non-hydrogen) atoms. The molecule has 0 saturated heterocycles. The summed E-state index contributed by atoms with van der Waals surface area (Å²) in [5.74, 6) is 0.306. The van der Waals surface area contributed by atoms with Crippen LogP contribution in [0.1, 0.15) is 73.3 Å². The Morgan fingerprint density at radius 3 is 2.56 bits per heavy atom. The number of aromatic hydroxyl groups is 1. The lowest BCUT2D eigenvalue weighted by molar-refractivity contribution is 0.126. The molecule has 1 aliphatic heterocycles. The number of unbranched alkanes of at least 4 members (excludes halogenated alkanes) is 4. The summed E-state index contributed by atoms with van der Waals surface area (Å²) in [4.78, 5) is 0.544. The minimum Gasteiger partial charge on any atom is -0.508 e. The smallest absolute Gasteiger partial charge is 0.178 e. The number of aryl methyl sites for hydroxylation is 2. The molecule has 4 N–H and O–H groups in total. The number of aliphatic hydroxyl groups is 2. The SMILES string of the molecule is O=S1(=O)CCCc2ccc(CCCCOCCCCCCNCC(O)c3ccc(O)c(CO)c3)cc21.